The largest absolute Gasteiger partial charge is 0.469 e. The van der Waals surface area contributed by atoms with E-state index in [9.17, 15) is 9.59 Å². The van der Waals surface area contributed by atoms with E-state index in [1.165, 1.54) is 7.11 Å². The molecule has 1 N–H and O–H groups in total. The quantitative estimate of drug-likeness (QED) is 0.807. The summed E-state index contributed by atoms with van der Waals surface area (Å²) in [6.45, 7) is 3.50. The Balaban J connectivity index is 2.60. The molecule has 1 rings (SSSR count). The summed E-state index contributed by atoms with van der Waals surface area (Å²) >= 11 is 0. The smallest absolute Gasteiger partial charge is 0.310 e. The summed E-state index contributed by atoms with van der Waals surface area (Å²) in [5.41, 5.74) is 0.580. The average Bonchev–Trinajstić information content (AvgIpc) is 2.37. The molecule has 0 aliphatic rings. The highest BCUT2D eigenvalue weighted by atomic mass is 16.5. The third-order valence-electron chi connectivity index (χ3n) is 2.72. The predicted octanol–water partition coefficient (Wildman–Crippen LogP) is 1.61. The Hall–Kier alpha value is -1.84. The van der Waals surface area contributed by atoms with Gasteiger partial charge in [-0.15, -0.1) is 0 Å². The van der Waals surface area contributed by atoms with E-state index in [-0.39, 0.29) is 23.8 Å². The van der Waals surface area contributed by atoms with Crippen molar-refractivity contribution < 1.29 is 14.3 Å². The van der Waals surface area contributed by atoms with Crippen LogP contribution >= 0.6 is 0 Å². The van der Waals surface area contributed by atoms with Crippen LogP contribution in [0.3, 0.4) is 0 Å². The lowest BCUT2D eigenvalue weighted by Gasteiger charge is -2.19. The van der Waals surface area contributed by atoms with Gasteiger partial charge < -0.3 is 10.1 Å². The third-order valence-corrected chi connectivity index (χ3v) is 2.72. The second kappa shape index (κ2) is 6.03. The maximum absolute atomic E-state index is 11.8. The SMILES string of the molecule is COC(=O)[C@@H](C)[C@@H](C)NC(=O)c1ccccc1. The summed E-state index contributed by atoms with van der Waals surface area (Å²) in [6, 6.07) is 8.62. The van der Waals surface area contributed by atoms with Gasteiger partial charge in [-0.05, 0) is 26.0 Å². The van der Waals surface area contributed by atoms with Crippen LogP contribution in [0.4, 0.5) is 0 Å². The number of carbonyl (C=O) groups excluding carboxylic acids is 2. The van der Waals surface area contributed by atoms with Crippen LogP contribution in [-0.2, 0) is 9.53 Å². The van der Waals surface area contributed by atoms with Gasteiger partial charge in [0.2, 0.25) is 0 Å². The number of nitrogens with one attached hydrogen (secondary N) is 1. The Morgan fingerprint density at radius 1 is 1.18 bits per heavy atom. The lowest BCUT2D eigenvalue weighted by Crippen LogP contribution is -2.40. The van der Waals surface area contributed by atoms with Crippen molar-refractivity contribution in [2.45, 2.75) is 19.9 Å². The van der Waals surface area contributed by atoms with Gasteiger partial charge in [0.1, 0.15) is 0 Å². The molecule has 0 radical (unpaired) electrons. The highest BCUT2D eigenvalue weighted by Crippen LogP contribution is 2.06. The Labute approximate surface area is 101 Å². The highest BCUT2D eigenvalue weighted by molar-refractivity contribution is 5.94. The van der Waals surface area contributed by atoms with Crippen molar-refractivity contribution in [2.24, 2.45) is 5.92 Å². The zero-order valence-corrected chi connectivity index (χ0v) is 10.3. The Morgan fingerprint density at radius 2 is 1.76 bits per heavy atom. The maximum Gasteiger partial charge on any atom is 0.310 e. The molecule has 0 aliphatic heterocycles. The second-order valence-electron chi connectivity index (χ2n) is 3.94. The van der Waals surface area contributed by atoms with E-state index in [2.05, 4.69) is 10.1 Å². The molecule has 4 heteroatoms. The minimum Gasteiger partial charge on any atom is -0.469 e. The summed E-state index contributed by atoms with van der Waals surface area (Å²) in [7, 11) is 1.34. The number of ether oxygens (including phenoxy) is 1. The molecule has 0 aliphatic carbocycles. The molecule has 0 spiro atoms. The molecule has 17 heavy (non-hydrogen) atoms. The van der Waals surface area contributed by atoms with Gasteiger partial charge in [-0.3, -0.25) is 9.59 Å². The van der Waals surface area contributed by atoms with E-state index in [1.54, 1.807) is 38.1 Å². The van der Waals surface area contributed by atoms with E-state index in [1.807, 2.05) is 6.07 Å². The van der Waals surface area contributed by atoms with Gasteiger partial charge >= 0.3 is 5.97 Å². The van der Waals surface area contributed by atoms with Crippen LogP contribution in [0, 0.1) is 5.92 Å². The lowest BCUT2D eigenvalue weighted by atomic mass is 10.0. The Kier molecular flexibility index (Phi) is 4.69. The molecule has 0 fully saturated rings. The first kappa shape index (κ1) is 13.2. The molecule has 0 unspecified atom stereocenters. The van der Waals surface area contributed by atoms with Gasteiger partial charge in [-0.2, -0.15) is 0 Å². The van der Waals surface area contributed by atoms with Crippen LogP contribution < -0.4 is 5.32 Å². The highest BCUT2D eigenvalue weighted by Gasteiger charge is 2.22. The molecule has 0 bridgehead atoms. The third kappa shape index (κ3) is 3.59. The minimum atomic E-state index is -0.368. The predicted molar refractivity (Wildman–Crippen MR) is 64.6 cm³/mol. The number of rotatable bonds is 4. The first-order valence-electron chi connectivity index (χ1n) is 5.50. The van der Waals surface area contributed by atoms with E-state index >= 15 is 0 Å². The van der Waals surface area contributed by atoms with Crippen LogP contribution in [0.15, 0.2) is 30.3 Å². The van der Waals surface area contributed by atoms with E-state index < -0.39 is 0 Å². The second-order valence-corrected chi connectivity index (χ2v) is 3.94. The van der Waals surface area contributed by atoms with Crippen molar-refractivity contribution in [3.8, 4) is 0 Å². The Bertz CT molecular complexity index is 389. The number of benzene rings is 1. The van der Waals surface area contributed by atoms with E-state index in [4.69, 9.17) is 0 Å². The van der Waals surface area contributed by atoms with Crippen LogP contribution in [0.25, 0.3) is 0 Å². The fraction of sp³-hybridized carbons (Fsp3) is 0.385. The van der Waals surface area contributed by atoms with E-state index in [0.29, 0.717) is 5.56 Å². The van der Waals surface area contributed by atoms with Gasteiger partial charge in [0.05, 0.1) is 13.0 Å². The molecule has 0 saturated heterocycles. The summed E-state index contributed by atoms with van der Waals surface area (Å²) in [6.07, 6.45) is 0. The molecule has 4 nitrogen and oxygen atoms in total. The summed E-state index contributed by atoms with van der Waals surface area (Å²) < 4.78 is 4.63. The van der Waals surface area contributed by atoms with Crippen LogP contribution in [0.5, 0.6) is 0 Å². The van der Waals surface area contributed by atoms with Crippen LogP contribution in [0.1, 0.15) is 24.2 Å². The number of methoxy groups -OCH3 is 1. The summed E-state index contributed by atoms with van der Waals surface area (Å²) in [5.74, 6) is -0.882. The topological polar surface area (TPSA) is 55.4 Å². The standard InChI is InChI=1S/C13H17NO3/c1-9(13(16)17-3)10(2)14-12(15)11-7-5-4-6-8-11/h4-10H,1-3H3,(H,14,15)/t9-,10+/m0/s1. The fourth-order valence-corrected chi connectivity index (χ4v) is 1.39. The lowest BCUT2D eigenvalue weighted by molar-refractivity contribution is -0.145. The van der Waals surface area contributed by atoms with Crippen molar-refractivity contribution in [3.63, 3.8) is 0 Å². The van der Waals surface area contributed by atoms with Crippen LogP contribution in [-0.4, -0.2) is 25.0 Å². The number of carbonyl (C=O) groups is 2. The first-order chi connectivity index (χ1) is 8.06. The molecule has 2 atom stereocenters. The van der Waals surface area contributed by atoms with Gasteiger partial charge in [-0.1, -0.05) is 18.2 Å². The first-order valence-corrected chi connectivity index (χ1v) is 5.50. The van der Waals surface area contributed by atoms with Crippen molar-refractivity contribution in [3.05, 3.63) is 35.9 Å². The number of amides is 1. The zero-order valence-electron chi connectivity index (χ0n) is 10.3. The van der Waals surface area contributed by atoms with Gasteiger partial charge in [0, 0.05) is 11.6 Å². The van der Waals surface area contributed by atoms with Gasteiger partial charge in [0.25, 0.3) is 5.91 Å². The average molecular weight is 235 g/mol. The zero-order chi connectivity index (χ0) is 12.8. The molecule has 1 amide bonds. The van der Waals surface area contributed by atoms with E-state index in [0.717, 1.165) is 0 Å². The fourth-order valence-electron chi connectivity index (χ4n) is 1.39. The minimum absolute atomic E-state index is 0.186. The monoisotopic (exact) mass is 235 g/mol. The number of esters is 1. The molecule has 1 aromatic carbocycles. The molecule has 92 valence electrons. The van der Waals surface area contributed by atoms with Crippen molar-refractivity contribution in [2.75, 3.05) is 7.11 Å². The molecular formula is C13H17NO3. The van der Waals surface area contributed by atoms with Crippen molar-refractivity contribution >= 4 is 11.9 Å². The van der Waals surface area contributed by atoms with Crippen molar-refractivity contribution in [1.29, 1.82) is 0 Å². The number of hydrogen-bond acceptors (Lipinski definition) is 3. The normalized spacial score (nSPS) is 13.6. The van der Waals surface area contributed by atoms with Crippen LogP contribution in [0.2, 0.25) is 0 Å². The molecular weight excluding hydrogens is 218 g/mol. The van der Waals surface area contributed by atoms with Crippen molar-refractivity contribution in [1.82, 2.24) is 5.32 Å². The maximum atomic E-state index is 11.8. The molecule has 0 heterocycles. The molecule has 0 aromatic heterocycles. The van der Waals surface area contributed by atoms with Gasteiger partial charge in [0.15, 0.2) is 0 Å². The molecule has 0 saturated carbocycles. The van der Waals surface area contributed by atoms with Gasteiger partial charge in [-0.25, -0.2) is 0 Å². The Morgan fingerprint density at radius 3 is 2.29 bits per heavy atom. The number of hydrogen-bond donors (Lipinski definition) is 1. The summed E-state index contributed by atoms with van der Waals surface area (Å²) in [4.78, 5) is 23.1. The summed E-state index contributed by atoms with van der Waals surface area (Å²) in [5, 5.41) is 2.77. The molecule has 1 aromatic rings.